The molecule has 4 aromatic heterocycles. The van der Waals surface area contributed by atoms with Gasteiger partial charge in [0.2, 0.25) is 0 Å². The van der Waals surface area contributed by atoms with Gasteiger partial charge in [-0.25, -0.2) is 9.97 Å². The van der Waals surface area contributed by atoms with E-state index in [1.165, 1.54) is 0 Å². The SMILES string of the molecule is Cn1cc(-c2cnc3c(N4CCN(Cc5ccccn5)CC4)nccn23)cn1. The minimum atomic E-state index is 0.888. The maximum absolute atomic E-state index is 4.66. The van der Waals surface area contributed by atoms with Crippen LogP contribution in [-0.2, 0) is 13.6 Å². The predicted octanol–water partition coefficient (Wildman–Crippen LogP) is 1.85. The van der Waals surface area contributed by atoms with Crippen LogP contribution in [0.4, 0.5) is 5.82 Å². The summed E-state index contributed by atoms with van der Waals surface area (Å²) in [5, 5.41) is 4.27. The Balaban J connectivity index is 1.35. The Hall–Kier alpha value is -3.26. The van der Waals surface area contributed by atoms with Gasteiger partial charge in [0.1, 0.15) is 0 Å². The van der Waals surface area contributed by atoms with E-state index in [1.54, 1.807) is 4.68 Å². The van der Waals surface area contributed by atoms with E-state index >= 15 is 0 Å². The van der Waals surface area contributed by atoms with Gasteiger partial charge in [0, 0.05) is 70.1 Å². The number of aryl methyl sites for hydroxylation is 1. The van der Waals surface area contributed by atoms with Gasteiger partial charge in [0.15, 0.2) is 11.5 Å². The molecule has 0 atom stereocenters. The molecule has 5 rings (SSSR count). The summed E-state index contributed by atoms with van der Waals surface area (Å²) in [7, 11) is 1.92. The molecule has 1 saturated heterocycles. The minimum Gasteiger partial charge on any atom is -0.351 e. The lowest BCUT2D eigenvalue weighted by Crippen LogP contribution is -2.46. The van der Waals surface area contributed by atoms with Gasteiger partial charge < -0.3 is 4.90 Å². The molecule has 0 unspecified atom stereocenters. The lowest BCUT2D eigenvalue weighted by molar-refractivity contribution is 0.246. The molecule has 0 radical (unpaired) electrons. The van der Waals surface area contributed by atoms with E-state index in [9.17, 15) is 0 Å². The largest absolute Gasteiger partial charge is 0.351 e. The predicted molar refractivity (Wildman–Crippen MR) is 107 cm³/mol. The highest BCUT2D eigenvalue weighted by atomic mass is 15.3. The first kappa shape index (κ1) is 16.9. The summed E-state index contributed by atoms with van der Waals surface area (Å²) in [6, 6.07) is 6.08. The Labute approximate surface area is 163 Å². The summed E-state index contributed by atoms with van der Waals surface area (Å²) in [5.41, 5.74) is 4.08. The van der Waals surface area contributed by atoms with Crippen molar-refractivity contribution in [3.8, 4) is 11.3 Å². The van der Waals surface area contributed by atoms with E-state index in [1.807, 2.05) is 56.4 Å². The maximum Gasteiger partial charge on any atom is 0.180 e. The Morgan fingerprint density at radius 3 is 2.61 bits per heavy atom. The monoisotopic (exact) mass is 374 g/mol. The summed E-state index contributed by atoms with van der Waals surface area (Å²) >= 11 is 0. The standard InChI is InChI=1S/C20H22N8/c1-25-14-16(12-24-25)18-13-23-20-19(22-6-7-28(18)20)27-10-8-26(9-11-27)15-17-4-2-3-5-21-17/h2-7,12-14H,8-11,15H2,1H3. The number of nitrogens with zero attached hydrogens (tertiary/aromatic N) is 8. The number of imidazole rings is 1. The molecule has 28 heavy (non-hydrogen) atoms. The molecule has 0 amide bonds. The second kappa shape index (κ2) is 7.05. The van der Waals surface area contributed by atoms with Crippen molar-refractivity contribution in [2.45, 2.75) is 6.54 Å². The average molecular weight is 374 g/mol. The van der Waals surface area contributed by atoms with Crippen LogP contribution >= 0.6 is 0 Å². The molecule has 8 nitrogen and oxygen atoms in total. The molecule has 1 fully saturated rings. The first-order chi connectivity index (χ1) is 13.8. The summed E-state index contributed by atoms with van der Waals surface area (Å²) in [5.74, 6) is 0.940. The molecule has 1 aliphatic heterocycles. The van der Waals surface area contributed by atoms with Crippen molar-refractivity contribution in [3.63, 3.8) is 0 Å². The highest BCUT2D eigenvalue weighted by molar-refractivity contribution is 5.70. The number of rotatable bonds is 4. The van der Waals surface area contributed by atoms with Crippen LogP contribution in [0.3, 0.4) is 0 Å². The third-order valence-electron chi connectivity index (χ3n) is 5.19. The molecule has 0 N–H and O–H groups in total. The van der Waals surface area contributed by atoms with Crippen molar-refractivity contribution in [2.75, 3.05) is 31.1 Å². The maximum atomic E-state index is 4.66. The number of pyridine rings is 1. The number of piperazine rings is 1. The third kappa shape index (κ3) is 3.11. The summed E-state index contributed by atoms with van der Waals surface area (Å²) in [4.78, 5) is 18.5. The average Bonchev–Trinajstić information content (AvgIpc) is 3.35. The van der Waals surface area contributed by atoms with E-state index in [-0.39, 0.29) is 0 Å². The number of aromatic nitrogens is 6. The molecule has 142 valence electrons. The Morgan fingerprint density at radius 2 is 1.86 bits per heavy atom. The van der Waals surface area contributed by atoms with Crippen LogP contribution in [0.25, 0.3) is 16.9 Å². The van der Waals surface area contributed by atoms with E-state index < -0.39 is 0 Å². The molecule has 8 heteroatoms. The van der Waals surface area contributed by atoms with Gasteiger partial charge in [-0.3, -0.25) is 19.0 Å². The van der Waals surface area contributed by atoms with Crippen LogP contribution < -0.4 is 4.90 Å². The zero-order chi connectivity index (χ0) is 18.9. The number of anilines is 1. The number of hydrogen-bond acceptors (Lipinski definition) is 6. The van der Waals surface area contributed by atoms with Gasteiger partial charge in [-0.15, -0.1) is 0 Å². The Kier molecular flexibility index (Phi) is 4.25. The topological polar surface area (TPSA) is 67.4 Å². The summed E-state index contributed by atoms with van der Waals surface area (Å²) in [6.07, 6.45) is 11.4. The van der Waals surface area contributed by atoms with Crippen LogP contribution in [0.2, 0.25) is 0 Å². The van der Waals surface area contributed by atoms with Crippen LogP contribution in [0.15, 0.2) is 55.4 Å². The van der Waals surface area contributed by atoms with Crippen LogP contribution in [0.5, 0.6) is 0 Å². The summed E-state index contributed by atoms with van der Waals surface area (Å²) < 4.78 is 3.90. The van der Waals surface area contributed by atoms with E-state index in [0.29, 0.717) is 0 Å². The molecule has 0 spiro atoms. The molecule has 1 aliphatic rings. The van der Waals surface area contributed by atoms with Crippen molar-refractivity contribution >= 4 is 11.5 Å². The van der Waals surface area contributed by atoms with Crippen molar-refractivity contribution in [2.24, 2.45) is 7.05 Å². The quantitative estimate of drug-likeness (QED) is 0.543. The fourth-order valence-corrected chi connectivity index (χ4v) is 3.73. The normalized spacial score (nSPS) is 15.4. The third-order valence-corrected chi connectivity index (χ3v) is 5.19. The lowest BCUT2D eigenvalue weighted by Gasteiger charge is -2.35. The molecule has 5 heterocycles. The molecular formula is C20H22N8. The minimum absolute atomic E-state index is 0.888. The molecule has 4 aromatic rings. The zero-order valence-corrected chi connectivity index (χ0v) is 15.8. The lowest BCUT2D eigenvalue weighted by atomic mass is 10.2. The van der Waals surface area contributed by atoms with Crippen LogP contribution in [0, 0.1) is 0 Å². The van der Waals surface area contributed by atoms with Gasteiger partial charge in [0.25, 0.3) is 0 Å². The van der Waals surface area contributed by atoms with Gasteiger partial charge in [0.05, 0.1) is 23.8 Å². The Morgan fingerprint density at radius 1 is 0.964 bits per heavy atom. The molecule has 0 saturated carbocycles. The van der Waals surface area contributed by atoms with Crippen LogP contribution in [0.1, 0.15) is 5.69 Å². The first-order valence-electron chi connectivity index (χ1n) is 9.46. The van der Waals surface area contributed by atoms with Crippen molar-refractivity contribution < 1.29 is 0 Å². The molecule has 0 aliphatic carbocycles. The first-order valence-corrected chi connectivity index (χ1v) is 9.46. The molecule has 0 bridgehead atoms. The summed E-state index contributed by atoms with van der Waals surface area (Å²) in [6.45, 7) is 4.70. The number of fused-ring (bicyclic) bond motifs is 1. The fraction of sp³-hybridized carbons (Fsp3) is 0.300. The van der Waals surface area contributed by atoms with Gasteiger partial charge in [-0.2, -0.15) is 5.10 Å². The smallest absolute Gasteiger partial charge is 0.180 e. The molecular weight excluding hydrogens is 352 g/mol. The highest BCUT2D eigenvalue weighted by Gasteiger charge is 2.21. The van der Waals surface area contributed by atoms with Gasteiger partial charge in [-0.1, -0.05) is 6.07 Å². The van der Waals surface area contributed by atoms with E-state index in [2.05, 4.69) is 40.3 Å². The molecule has 0 aromatic carbocycles. The number of hydrogen-bond donors (Lipinski definition) is 0. The fourth-order valence-electron chi connectivity index (χ4n) is 3.73. The van der Waals surface area contributed by atoms with E-state index in [4.69, 9.17) is 0 Å². The second-order valence-electron chi connectivity index (χ2n) is 7.07. The van der Waals surface area contributed by atoms with Crippen molar-refractivity contribution in [3.05, 3.63) is 61.1 Å². The van der Waals surface area contributed by atoms with Crippen molar-refractivity contribution in [1.29, 1.82) is 0 Å². The van der Waals surface area contributed by atoms with E-state index in [0.717, 1.165) is 61.1 Å². The Bertz CT molecular complexity index is 1080. The van der Waals surface area contributed by atoms with Gasteiger partial charge in [-0.05, 0) is 12.1 Å². The van der Waals surface area contributed by atoms with Crippen molar-refractivity contribution in [1.82, 2.24) is 34.0 Å². The highest BCUT2D eigenvalue weighted by Crippen LogP contribution is 2.25. The second-order valence-corrected chi connectivity index (χ2v) is 7.07. The van der Waals surface area contributed by atoms with Gasteiger partial charge >= 0.3 is 0 Å². The van der Waals surface area contributed by atoms with Crippen LogP contribution in [-0.4, -0.2) is 60.2 Å². The zero-order valence-electron chi connectivity index (χ0n) is 15.8.